The van der Waals surface area contributed by atoms with Gasteiger partial charge in [0.1, 0.15) is 5.56 Å². The number of benzene rings is 1. The van der Waals surface area contributed by atoms with Gasteiger partial charge in [-0.3, -0.25) is 4.79 Å². The zero-order valence-corrected chi connectivity index (χ0v) is 19.4. The third kappa shape index (κ3) is 4.30. The first-order valence-electron chi connectivity index (χ1n) is 10.3. The molecule has 0 unspecified atom stereocenters. The second-order valence-corrected chi connectivity index (χ2v) is 11.1. The van der Waals surface area contributed by atoms with E-state index in [1.165, 1.54) is 4.31 Å². The van der Waals surface area contributed by atoms with E-state index in [0.717, 1.165) is 5.56 Å². The van der Waals surface area contributed by atoms with Gasteiger partial charge in [0.2, 0.25) is 10.0 Å². The van der Waals surface area contributed by atoms with Crippen molar-refractivity contribution in [3.63, 3.8) is 0 Å². The quantitative estimate of drug-likeness (QED) is 0.736. The van der Waals surface area contributed by atoms with Crippen molar-refractivity contribution in [2.45, 2.75) is 57.8 Å². The van der Waals surface area contributed by atoms with Crippen molar-refractivity contribution in [2.75, 3.05) is 26.2 Å². The van der Waals surface area contributed by atoms with Crippen molar-refractivity contribution in [1.82, 2.24) is 14.4 Å². The van der Waals surface area contributed by atoms with Gasteiger partial charge in [0, 0.05) is 32.1 Å². The molecule has 2 heterocycles. The van der Waals surface area contributed by atoms with E-state index < -0.39 is 10.0 Å². The fraction of sp³-hybridized carbons (Fsp3) is 0.545. The van der Waals surface area contributed by atoms with Crippen LogP contribution in [0.2, 0.25) is 0 Å². The molecule has 1 amide bonds. The van der Waals surface area contributed by atoms with Crippen LogP contribution in [0.4, 0.5) is 0 Å². The highest BCUT2D eigenvalue weighted by Gasteiger charge is 2.33. The summed E-state index contributed by atoms with van der Waals surface area (Å²) in [7, 11) is -3.59. The number of nitrogens with zero attached hydrogens (tertiary/aromatic N) is 3. The Morgan fingerprint density at radius 3 is 2.13 bits per heavy atom. The molecule has 0 bridgehead atoms. The maximum absolute atomic E-state index is 13.0. The molecule has 2 aromatic rings. The van der Waals surface area contributed by atoms with Gasteiger partial charge in [0.15, 0.2) is 5.76 Å². The van der Waals surface area contributed by atoms with E-state index in [1.807, 2.05) is 26.0 Å². The Morgan fingerprint density at radius 1 is 1.07 bits per heavy atom. The number of piperazine rings is 1. The zero-order chi connectivity index (χ0) is 22.3. The maximum atomic E-state index is 13.0. The molecule has 0 saturated carbocycles. The monoisotopic (exact) mass is 433 g/mol. The minimum absolute atomic E-state index is 0.0385. The topological polar surface area (TPSA) is 83.7 Å². The molecule has 0 radical (unpaired) electrons. The third-order valence-electron chi connectivity index (χ3n) is 5.51. The summed E-state index contributed by atoms with van der Waals surface area (Å²) >= 11 is 0. The number of carbonyl (C=O) groups excluding carboxylic acids is 1. The number of sulfonamides is 1. The Bertz CT molecular complexity index is 1010. The van der Waals surface area contributed by atoms with Crippen molar-refractivity contribution in [3.05, 3.63) is 46.8 Å². The van der Waals surface area contributed by atoms with Crippen LogP contribution in [0.5, 0.6) is 0 Å². The molecule has 164 valence electrons. The summed E-state index contributed by atoms with van der Waals surface area (Å²) in [4.78, 5) is 15.0. The van der Waals surface area contributed by atoms with Crippen LogP contribution in [-0.4, -0.2) is 54.9 Å². The first kappa shape index (κ1) is 22.5. The lowest BCUT2D eigenvalue weighted by Crippen LogP contribution is -2.50. The largest absolute Gasteiger partial charge is 0.360 e. The molecule has 0 spiro atoms. The molecule has 0 atom stereocenters. The van der Waals surface area contributed by atoms with Crippen molar-refractivity contribution in [3.8, 4) is 0 Å². The third-order valence-corrected chi connectivity index (χ3v) is 7.42. The van der Waals surface area contributed by atoms with Crippen LogP contribution in [-0.2, 0) is 15.4 Å². The number of aromatic nitrogens is 1. The fourth-order valence-corrected chi connectivity index (χ4v) is 5.03. The van der Waals surface area contributed by atoms with Gasteiger partial charge in [0.25, 0.3) is 5.91 Å². The predicted octanol–water partition coefficient (Wildman–Crippen LogP) is 3.55. The van der Waals surface area contributed by atoms with E-state index in [9.17, 15) is 13.2 Å². The van der Waals surface area contributed by atoms with E-state index in [1.54, 1.807) is 24.0 Å². The minimum Gasteiger partial charge on any atom is -0.360 e. The molecule has 3 rings (SSSR count). The molecule has 0 N–H and O–H groups in total. The van der Waals surface area contributed by atoms with Crippen LogP contribution in [0.25, 0.3) is 0 Å². The molecule has 1 saturated heterocycles. The van der Waals surface area contributed by atoms with E-state index in [4.69, 9.17) is 4.52 Å². The van der Waals surface area contributed by atoms with Gasteiger partial charge >= 0.3 is 0 Å². The lowest BCUT2D eigenvalue weighted by molar-refractivity contribution is 0.0694. The van der Waals surface area contributed by atoms with Gasteiger partial charge in [-0.2, -0.15) is 4.31 Å². The van der Waals surface area contributed by atoms with Gasteiger partial charge < -0.3 is 9.42 Å². The Morgan fingerprint density at radius 2 is 1.63 bits per heavy atom. The van der Waals surface area contributed by atoms with E-state index in [-0.39, 0.29) is 35.2 Å². The number of hydrogen-bond acceptors (Lipinski definition) is 5. The number of carbonyl (C=O) groups is 1. The Hall–Kier alpha value is -2.19. The average molecular weight is 434 g/mol. The number of aryl methyl sites for hydroxylation is 1. The molecular weight excluding hydrogens is 402 g/mol. The molecule has 7 nitrogen and oxygen atoms in total. The van der Waals surface area contributed by atoms with E-state index in [0.29, 0.717) is 30.1 Å². The number of rotatable bonds is 4. The summed E-state index contributed by atoms with van der Waals surface area (Å²) in [5.41, 5.74) is 2.11. The highest BCUT2D eigenvalue weighted by molar-refractivity contribution is 7.89. The van der Waals surface area contributed by atoms with E-state index in [2.05, 4.69) is 25.9 Å². The average Bonchev–Trinajstić information content (AvgIpc) is 3.08. The summed E-state index contributed by atoms with van der Waals surface area (Å²) in [5.74, 6) is 0.471. The molecule has 1 aromatic carbocycles. The van der Waals surface area contributed by atoms with Crippen molar-refractivity contribution >= 4 is 15.9 Å². The second kappa shape index (κ2) is 8.15. The van der Waals surface area contributed by atoms with Gasteiger partial charge in [-0.25, -0.2) is 8.42 Å². The minimum atomic E-state index is -3.59. The van der Waals surface area contributed by atoms with Crippen molar-refractivity contribution in [1.29, 1.82) is 0 Å². The normalized spacial score (nSPS) is 16.3. The first-order chi connectivity index (χ1) is 13.9. The van der Waals surface area contributed by atoms with Crippen LogP contribution in [0, 0.1) is 6.92 Å². The fourth-order valence-electron chi connectivity index (χ4n) is 3.61. The first-order valence-corrected chi connectivity index (χ1v) is 11.7. The summed E-state index contributed by atoms with van der Waals surface area (Å²) < 4.78 is 32.9. The van der Waals surface area contributed by atoms with E-state index >= 15 is 0 Å². The molecule has 1 aromatic heterocycles. The SMILES string of the molecule is Cc1noc(C(C)C)c1C(=O)N1CCN(S(=O)(=O)c2ccc(C(C)(C)C)cc2)CC1. The summed E-state index contributed by atoms with van der Waals surface area (Å²) in [6.45, 7) is 13.1. The van der Waals surface area contributed by atoms with Gasteiger partial charge in [0.05, 0.1) is 10.6 Å². The lowest BCUT2D eigenvalue weighted by atomic mass is 9.87. The highest BCUT2D eigenvalue weighted by atomic mass is 32.2. The summed E-state index contributed by atoms with van der Waals surface area (Å²) in [6.07, 6.45) is 0. The second-order valence-electron chi connectivity index (χ2n) is 9.13. The van der Waals surface area contributed by atoms with Crippen LogP contribution >= 0.6 is 0 Å². The number of amides is 1. The molecule has 1 aliphatic rings. The zero-order valence-electron chi connectivity index (χ0n) is 18.6. The highest BCUT2D eigenvalue weighted by Crippen LogP contribution is 2.27. The molecule has 30 heavy (non-hydrogen) atoms. The summed E-state index contributed by atoms with van der Waals surface area (Å²) in [6, 6.07) is 7.08. The van der Waals surface area contributed by atoms with Gasteiger partial charge in [-0.1, -0.05) is 51.9 Å². The van der Waals surface area contributed by atoms with Crippen LogP contribution in [0.15, 0.2) is 33.7 Å². The van der Waals surface area contributed by atoms with Crippen molar-refractivity contribution in [2.24, 2.45) is 0 Å². The Labute approximate surface area is 179 Å². The van der Waals surface area contributed by atoms with Gasteiger partial charge in [-0.15, -0.1) is 0 Å². The van der Waals surface area contributed by atoms with Gasteiger partial charge in [-0.05, 0) is 30.0 Å². The molecule has 0 aliphatic carbocycles. The standard InChI is InChI=1S/C22H31N3O4S/c1-15(2)20-19(16(3)23-29-20)21(26)24-11-13-25(14-12-24)30(27,28)18-9-7-17(8-10-18)22(4,5)6/h7-10,15H,11-14H2,1-6H3. The molecular formula is C22H31N3O4S. The molecule has 8 heteroatoms. The molecule has 1 fully saturated rings. The number of hydrogen-bond donors (Lipinski definition) is 0. The predicted molar refractivity (Wildman–Crippen MR) is 115 cm³/mol. The smallest absolute Gasteiger partial charge is 0.259 e. The lowest BCUT2D eigenvalue weighted by Gasteiger charge is -2.34. The summed E-state index contributed by atoms with van der Waals surface area (Å²) in [5, 5.41) is 3.94. The molecule has 1 aliphatic heterocycles. The van der Waals surface area contributed by atoms with Crippen LogP contribution in [0.1, 0.15) is 67.9 Å². The van der Waals surface area contributed by atoms with Crippen molar-refractivity contribution < 1.29 is 17.7 Å². The Balaban J connectivity index is 1.72. The van der Waals surface area contributed by atoms with Crippen LogP contribution in [0.3, 0.4) is 0 Å². The van der Waals surface area contributed by atoms with Crippen LogP contribution < -0.4 is 0 Å². The Kier molecular flexibility index (Phi) is 6.11. The maximum Gasteiger partial charge on any atom is 0.259 e.